The Bertz CT molecular complexity index is 948. The van der Waals surface area contributed by atoms with Crippen molar-refractivity contribution in [3.63, 3.8) is 0 Å². The predicted octanol–water partition coefficient (Wildman–Crippen LogP) is 4.61. The fraction of sp³-hybridized carbons (Fsp3) is 0.600. The molecular formula is C20H27BrN2O2S. The van der Waals surface area contributed by atoms with Gasteiger partial charge in [-0.1, -0.05) is 42.8 Å². The zero-order chi connectivity index (χ0) is 18.7. The summed E-state index contributed by atoms with van der Waals surface area (Å²) in [6.07, 6.45) is 6.49. The van der Waals surface area contributed by atoms with Gasteiger partial charge in [0.1, 0.15) is 0 Å². The molecule has 2 saturated carbocycles. The van der Waals surface area contributed by atoms with E-state index in [4.69, 9.17) is 0 Å². The number of aromatic nitrogens is 1. The van der Waals surface area contributed by atoms with Crippen molar-refractivity contribution < 1.29 is 8.42 Å². The highest BCUT2D eigenvalue weighted by Crippen LogP contribution is 2.43. The maximum atomic E-state index is 12.4. The normalized spacial score (nSPS) is 19.8. The average Bonchev–Trinajstić information content (AvgIpc) is 3.39. The third kappa shape index (κ3) is 3.87. The van der Waals surface area contributed by atoms with E-state index in [9.17, 15) is 8.42 Å². The molecule has 1 aromatic carbocycles. The first-order chi connectivity index (χ1) is 12.1. The minimum atomic E-state index is -3.15. The number of sulfonamides is 1. The van der Waals surface area contributed by atoms with Gasteiger partial charge in [0.05, 0.1) is 5.25 Å². The van der Waals surface area contributed by atoms with Crippen LogP contribution in [0.15, 0.2) is 28.9 Å². The number of nitrogens with one attached hydrogen (secondary N) is 1. The summed E-state index contributed by atoms with van der Waals surface area (Å²) in [6, 6.07) is 6.39. The van der Waals surface area contributed by atoms with E-state index in [0.29, 0.717) is 0 Å². The molecule has 4 rings (SSSR count). The van der Waals surface area contributed by atoms with Gasteiger partial charge in [0, 0.05) is 33.7 Å². The standard InChI is InChI=1S/C20H27BrN2O2S/c1-19(2,3)13-23-12-14(17-7-4-15(21)10-18(17)23)11-20(8-9-20)22-26(24,25)16-5-6-16/h4,7,10,12,16,22H,5-6,8-9,11,13H2,1-3H3. The van der Waals surface area contributed by atoms with Gasteiger partial charge in [0.25, 0.3) is 0 Å². The summed E-state index contributed by atoms with van der Waals surface area (Å²) in [4.78, 5) is 0. The lowest BCUT2D eigenvalue weighted by Crippen LogP contribution is -2.40. The van der Waals surface area contributed by atoms with Crippen LogP contribution in [0.2, 0.25) is 0 Å². The second-order valence-electron chi connectivity index (χ2n) is 9.31. The molecule has 0 unspecified atom stereocenters. The number of rotatable bonds is 6. The van der Waals surface area contributed by atoms with Crippen LogP contribution in [-0.2, 0) is 23.0 Å². The summed E-state index contributed by atoms with van der Waals surface area (Å²) < 4.78 is 31.3. The van der Waals surface area contributed by atoms with Gasteiger partial charge in [-0.15, -0.1) is 0 Å². The van der Waals surface area contributed by atoms with E-state index in [1.165, 1.54) is 16.5 Å². The van der Waals surface area contributed by atoms with Crippen molar-refractivity contribution >= 4 is 36.9 Å². The van der Waals surface area contributed by atoms with E-state index in [2.05, 4.69) is 70.4 Å². The molecule has 2 fully saturated rings. The van der Waals surface area contributed by atoms with Crippen LogP contribution in [-0.4, -0.2) is 23.8 Å². The molecule has 2 aliphatic rings. The van der Waals surface area contributed by atoms with Crippen molar-refractivity contribution in [1.82, 2.24) is 9.29 Å². The van der Waals surface area contributed by atoms with Gasteiger partial charge in [-0.3, -0.25) is 0 Å². The zero-order valence-corrected chi connectivity index (χ0v) is 18.1. The number of hydrogen-bond acceptors (Lipinski definition) is 2. The van der Waals surface area contributed by atoms with Crippen LogP contribution < -0.4 is 4.72 Å². The third-order valence-electron chi connectivity index (χ3n) is 5.28. The van der Waals surface area contributed by atoms with E-state index in [1.807, 2.05) is 0 Å². The van der Waals surface area contributed by atoms with E-state index in [0.717, 1.165) is 43.1 Å². The molecule has 26 heavy (non-hydrogen) atoms. The summed E-state index contributed by atoms with van der Waals surface area (Å²) >= 11 is 3.59. The molecular weight excluding hydrogens is 412 g/mol. The molecule has 2 aromatic rings. The Morgan fingerprint density at radius 1 is 1.27 bits per heavy atom. The number of hydrogen-bond donors (Lipinski definition) is 1. The van der Waals surface area contributed by atoms with Crippen LogP contribution in [0.5, 0.6) is 0 Å². The minimum absolute atomic E-state index is 0.154. The first-order valence-corrected chi connectivity index (χ1v) is 11.7. The van der Waals surface area contributed by atoms with Gasteiger partial charge in [-0.25, -0.2) is 13.1 Å². The molecule has 0 bridgehead atoms. The Balaban J connectivity index is 1.66. The largest absolute Gasteiger partial charge is 0.347 e. The smallest absolute Gasteiger partial charge is 0.214 e. The molecule has 142 valence electrons. The van der Waals surface area contributed by atoms with Gasteiger partial charge < -0.3 is 4.57 Å². The van der Waals surface area contributed by atoms with Crippen molar-refractivity contribution in [1.29, 1.82) is 0 Å². The number of benzene rings is 1. The first-order valence-electron chi connectivity index (χ1n) is 9.37. The number of nitrogens with zero attached hydrogens (tertiary/aromatic N) is 1. The Labute approximate surface area is 164 Å². The highest BCUT2D eigenvalue weighted by atomic mass is 79.9. The van der Waals surface area contributed by atoms with Crippen LogP contribution in [0.1, 0.15) is 52.0 Å². The second kappa shape index (κ2) is 6.08. The third-order valence-corrected chi connectivity index (χ3v) is 7.84. The van der Waals surface area contributed by atoms with Crippen molar-refractivity contribution in [2.24, 2.45) is 5.41 Å². The predicted molar refractivity (Wildman–Crippen MR) is 110 cm³/mol. The average molecular weight is 439 g/mol. The lowest BCUT2D eigenvalue weighted by atomic mass is 9.97. The molecule has 1 aromatic heterocycles. The molecule has 0 spiro atoms. The van der Waals surface area contributed by atoms with Gasteiger partial charge in [-0.05, 0) is 55.2 Å². The van der Waals surface area contributed by atoms with Crippen LogP contribution >= 0.6 is 15.9 Å². The Morgan fingerprint density at radius 3 is 2.54 bits per heavy atom. The van der Waals surface area contributed by atoms with Crippen molar-refractivity contribution in [3.05, 3.63) is 34.4 Å². The van der Waals surface area contributed by atoms with E-state index < -0.39 is 10.0 Å². The van der Waals surface area contributed by atoms with Crippen molar-refractivity contribution in [3.8, 4) is 0 Å². The number of halogens is 1. The van der Waals surface area contributed by atoms with Crippen LogP contribution in [0.3, 0.4) is 0 Å². The number of fused-ring (bicyclic) bond motifs is 1. The van der Waals surface area contributed by atoms with Gasteiger partial charge in [0.15, 0.2) is 0 Å². The van der Waals surface area contributed by atoms with Crippen LogP contribution in [0.25, 0.3) is 10.9 Å². The fourth-order valence-corrected chi connectivity index (χ4v) is 5.87. The molecule has 4 nitrogen and oxygen atoms in total. The summed E-state index contributed by atoms with van der Waals surface area (Å²) in [6.45, 7) is 7.65. The van der Waals surface area contributed by atoms with E-state index in [-0.39, 0.29) is 16.2 Å². The maximum absolute atomic E-state index is 12.4. The lowest BCUT2D eigenvalue weighted by molar-refractivity contribution is 0.349. The monoisotopic (exact) mass is 438 g/mol. The molecule has 2 aliphatic carbocycles. The first kappa shape index (κ1) is 18.5. The zero-order valence-electron chi connectivity index (χ0n) is 15.7. The fourth-order valence-electron chi connectivity index (χ4n) is 3.72. The van der Waals surface area contributed by atoms with Crippen LogP contribution in [0, 0.1) is 5.41 Å². The van der Waals surface area contributed by atoms with E-state index >= 15 is 0 Å². The summed E-state index contributed by atoms with van der Waals surface area (Å²) in [5.74, 6) is 0. The maximum Gasteiger partial charge on any atom is 0.214 e. The topological polar surface area (TPSA) is 51.1 Å². The minimum Gasteiger partial charge on any atom is -0.347 e. The highest BCUT2D eigenvalue weighted by molar-refractivity contribution is 9.10. The van der Waals surface area contributed by atoms with Gasteiger partial charge >= 0.3 is 0 Å². The van der Waals surface area contributed by atoms with Gasteiger partial charge in [0.2, 0.25) is 10.0 Å². The Hall–Kier alpha value is -0.850. The molecule has 1 heterocycles. The molecule has 0 atom stereocenters. The molecule has 0 aliphatic heterocycles. The highest BCUT2D eigenvalue weighted by Gasteiger charge is 2.49. The van der Waals surface area contributed by atoms with E-state index in [1.54, 1.807) is 0 Å². The Kier molecular flexibility index (Phi) is 4.33. The SMILES string of the molecule is CC(C)(C)Cn1cc(CC2(NS(=O)(=O)C3CC3)CC2)c2ccc(Br)cc21. The summed E-state index contributed by atoms with van der Waals surface area (Å²) in [5, 5.41) is 1.08. The molecule has 1 N–H and O–H groups in total. The van der Waals surface area contributed by atoms with Gasteiger partial charge in [-0.2, -0.15) is 0 Å². The van der Waals surface area contributed by atoms with Crippen molar-refractivity contribution in [2.45, 2.75) is 70.2 Å². The molecule has 0 amide bonds. The molecule has 0 radical (unpaired) electrons. The molecule has 0 saturated heterocycles. The second-order valence-corrected chi connectivity index (χ2v) is 12.2. The molecule has 6 heteroatoms. The Morgan fingerprint density at radius 2 is 1.96 bits per heavy atom. The van der Waals surface area contributed by atoms with Crippen LogP contribution in [0.4, 0.5) is 0 Å². The lowest BCUT2D eigenvalue weighted by Gasteiger charge is -2.20. The quantitative estimate of drug-likeness (QED) is 0.715. The summed E-state index contributed by atoms with van der Waals surface area (Å²) in [5.41, 5.74) is 2.36. The summed E-state index contributed by atoms with van der Waals surface area (Å²) in [7, 11) is -3.15. The van der Waals surface area contributed by atoms with Crippen molar-refractivity contribution in [2.75, 3.05) is 0 Å².